The van der Waals surface area contributed by atoms with Crippen LogP contribution in [0.2, 0.25) is 0 Å². The third-order valence-corrected chi connectivity index (χ3v) is 3.58. The number of nitrogens with zero attached hydrogens (tertiary/aromatic N) is 2. The summed E-state index contributed by atoms with van der Waals surface area (Å²) in [4.78, 5) is 11.4. The summed E-state index contributed by atoms with van der Waals surface area (Å²) in [6.07, 6.45) is 1.08. The third kappa shape index (κ3) is 4.91. The SMILES string of the molecule is CCOC(=O)Cc1nnc(C(C)c2ccc(CC(C)C)cc2)o1. The molecule has 0 fully saturated rings. The smallest absolute Gasteiger partial charge is 0.315 e. The second-order valence-electron chi connectivity index (χ2n) is 6.08. The average Bonchev–Trinajstić information content (AvgIpc) is 2.95. The number of hydrogen-bond donors (Lipinski definition) is 0. The molecular weight excluding hydrogens is 292 g/mol. The third-order valence-electron chi connectivity index (χ3n) is 3.58. The Balaban J connectivity index is 2.04. The van der Waals surface area contributed by atoms with Crippen LogP contribution in [0.4, 0.5) is 0 Å². The first-order chi connectivity index (χ1) is 11.0. The highest BCUT2D eigenvalue weighted by Crippen LogP contribution is 2.24. The van der Waals surface area contributed by atoms with Gasteiger partial charge < -0.3 is 9.15 Å². The maximum atomic E-state index is 11.4. The number of esters is 1. The molecule has 0 spiro atoms. The largest absolute Gasteiger partial charge is 0.466 e. The van der Waals surface area contributed by atoms with Crippen LogP contribution in [-0.4, -0.2) is 22.8 Å². The van der Waals surface area contributed by atoms with Crippen LogP contribution in [0.5, 0.6) is 0 Å². The zero-order chi connectivity index (χ0) is 16.8. The van der Waals surface area contributed by atoms with Gasteiger partial charge in [0.2, 0.25) is 11.8 Å². The van der Waals surface area contributed by atoms with Crippen molar-refractivity contribution in [1.82, 2.24) is 10.2 Å². The van der Waals surface area contributed by atoms with Crippen molar-refractivity contribution >= 4 is 5.97 Å². The number of benzene rings is 1. The fourth-order valence-electron chi connectivity index (χ4n) is 2.40. The molecule has 2 rings (SSSR count). The van der Waals surface area contributed by atoms with Crippen LogP contribution in [-0.2, 0) is 22.4 Å². The first kappa shape index (κ1) is 17.2. The lowest BCUT2D eigenvalue weighted by Crippen LogP contribution is -2.07. The molecule has 1 heterocycles. The zero-order valence-electron chi connectivity index (χ0n) is 14.2. The summed E-state index contributed by atoms with van der Waals surface area (Å²) in [5.41, 5.74) is 2.44. The zero-order valence-corrected chi connectivity index (χ0v) is 14.2. The molecule has 0 amide bonds. The minimum absolute atomic E-state index is 0.00783. The second kappa shape index (κ2) is 7.90. The maximum absolute atomic E-state index is 11.4. The molecule has 1 atom stereocenters. The maximum Gasteiger partial charge on any atom is 0.315 e. The standard InChI is InChI=1S/C18H24N2O3/c1-5-22-17(21)11-16-19-20-18(23-16)13(4)15-8-6-14(7-9-15)10-12(2)3/h6-9,12-13H,5,10-11H2,1-4H3. The molecule has 0 saturated heterocycles. The van der Waals surface area contributed by atoms with E-state index in [0.29, 0.717) is 24.3 Å². The summed E-state index contributed by atoms with van der Waals surface area (Å²) in [6, 6.07) is 8.47. The highest BCUT2D eigenvalue weighted by Gasteiger charge is 2.18. The van der Waals surface area contributed by atoms with E-state index < -0.39 is 0 Å². The minimum atomic E-state index is -0.353. The van der Waals surface area contributed by atoms with Crippen LogP contribution in [0.15, 0.2) is 28.7 Å². The van der Waals surface area contributed by atoms with Gasteiger partial charge in [-0.1, -0.05) is 38.1 Å². The van der Waals surface area contributed by atoms with Gasteiger partial charge in [-0.05, 0) is 37.3 Å². The predicted octanol–water partition coefficient (Wildman–Crippen LogP) is 3.53. The monoisotopic (exact) mass is 316 g/mol. The average molecular weight is 316 g/mol. The summed E-state index contributed by atoms with van der Waals surface area (Å²) >= 11 is 0. The van der Waals surface area contributed by atoms with Crippen molar-refractivity contribution in [2.24, 2.45) is 5.92 Å². The van der Waals surface area contributed by atoms with E-state index >= 15 is 0 Å². The summed E-state index contributed by atoms with van der Waals surface area (Å²) in [7, 11) is 0. The summed E-state index contributed by atoms with van der Waals surface area (Å²) < 4.78 is 10.5. The van der Waals surface area contributed by atoms with Crippen LogP contribution in [0.3, 0.4) is 0 Å². The highest BCUT2D eigenvalue weighted by molar-refractivity contribution is 5.71. The van der Waals surface area contributed by atoms with Gasteiger partial charge in [0.1, 0.15) is 6.42 Å². The van der Waals surface area contributed by atoms with Gasteiger partial charge in [-0.25, -0.2) is 0 Å². The molecule has 0 aliphatic carbocycles. The normalized spacial score (nSPS) is 12.4. The van der Waals surface area contributed by atoms with Crippen LogP contribution in [0, 0.1) is 5.92 Å². The molecule has 1 aromatic carbocycles. The molecule has 5 nitrogen and oxygen atoms in total. The quantitative estimate of drug-likeness (QED) is 0.731. The van der Waals surface area contributed by atoms with E-state index in [9.17, 15) is 4.79 Å². The van der Waals surface area contributed by atoms with Gasteiger partial charge in [0.25, 0.3) is 0 Å². The van der Waals surface area contributed by atoms with E-state index in [1.807, 2.05) is 6.92 Å². The van der Waals surface area contributed by atoms with Crippen LogP contribution >= 0.6 is 0 Å². The number of carbonyl (C=O) groups is 1. The summed E-state index contributed by atoms with van der Waals surface area (Å²) in [5, 5.41) is 7.98. The molecule has 5 heteroatoms. The van der Waals surface area contributed by atoms with Crippen molar-refractivity contribution in [2.75, 3.05) is 6.61 Å². The minimum Gasteiger partial charge on any atom is -0.466 e. The van der Waals surface area contributed by atoms with Gasteiger partial charge in [-0.15, -0.1) is 10.2 Å². The second-order valence-corrected chi connectivity index (χ2v) is 6.08. The Bertz CT molecular complexity index is 632. The van der Waals surface area contributed by atoms with Crippen LogP contribution in [0.1, 0.15) is 56.5 Å². The summed E-state index contributed by atoms with van der Waals surface area (Å²) in [5.74, 6) is 1.09. The van der Waals surface area contributed by atoms with E-state index in [4.69, 9.17) is 9.15 Å². The van der Waals surface area contributed by atoms with E-state index in [0.717, 1.165) is 12.0 Å². The number of ether oxygens (including phenoxy) is 1. The van der Waals surface area contributed by atoms with Crippen molar-refractivity contribution in [3.05, 3.63) is 47.2 Å². The number of aromatic nitrogens is 2. The topological polar surface area (TPSA) is 65.2 Å². The van der Waals surface area contributed by atoms with Gasteiger partial charge in [0.15, 0.2) is 0 Å². The molecule has 2 aromatic rings. The Morgan fingerprint density at radius 3 is 2.48 bits per heavy atom. The molecule has 0 aliphatic heterocycles. The Labute approximate surface area is 137 Å². The van der Waals surface area contributed by atoms with E-state index in [2.05, 4.69) is 48.3 Å². The van der Waals surface area contributed by atoms with Crippen LogP contribution < -0.4 is 0 Å². The lowest BCUT2D eigenvalue weighted by molar-refractivity contribution is -0.142. The van der Waals surface area contributed by atoms with Crippen LogP contribution in [0.25, 0.3) is 0 Å². The Morgan fingerprint density at radius 2 is 1.87 bits per heavy atom. The van der Waals surface area contributed by atoms with Crippen molar-refractivity contribution in [2.45, 2.75) is 46.5 Å². The molecule has 0 aliphatic rings. The molecule has 124 valence electrons. The predicted molar refractivity (Wildman–Crippen MR) is 87.1 cm³/mol. The lowest BCUT2D eigenvalue weighted by atomic mass is 9.97. The van der Waals surface area contributed by atoms with Gasteiger partial charge in [-0.3, -0.25) is 4.79 Å². The van der Waals surface area contributed by atoms with Gasteiger partial charge in [0.05, 0.1) is 12.5 Å². The first-order valence-corrected chi connectivity index (χ1v) is 8.06. The molecule has 0 saturated carbocycles. The number of hydrogen-bond acceptors (Lipinski definition) is 5. The highest BCUT2D eigenvalue weighted by atomic mass is 16.5. The van der Waals surface area contributed by atoms with E-state index in [-0.39, 0.29) is 18.3 Å². The molecular formula is C18H24N2O3. The molecule has 0 N–H and O–H groups in total. The van der Waals surface area contributed by atoms with Crippen molar-refractivity contribution in [3.8, 4) is 0 Å². The molecule has 0 bridgehead atoms. The van der Waals surface area contributed by atoms with Crippen molar-refractivity contribution < 1.29 is 13.9 Å². The summed E-state index contributed by atoms with van der Waals surface area (Å²) in [6.45, 7) is 8.54. The van der Waals surface area contributed by atoms with Crippen molar-refractivity contribution in [1.29, 1.82) is 0 Å². The molecule has 0 radical (unpaired) electrons. The fourth-order valence-corrected chi connectivity index (χ4v) is 2.40. The fraction of sp³-hybridized carbons (Fsp3) is 0.500. The Morgan fingerprint density at radius 1 is 1.17 bits per heavy atom. The first-order valence-electron chi connectivity index (χ1n) is 8.06. The lowest BCUT2D eigenvalue weighted by Gasteiger charge is -2.09. The van der Waals surface area contributed by atoms with E-state index in [1.165, 1.54) is 5.56 Å². The number of carbonyl (C=O) groups excluding carboxylic acids is 1. The van der Waals surface area contributed by atoms with Gasteiger partial charge in [-0.2, -0.15) is 0 Å². The molecule has 1 aromatic heterocycles. The Hall–Kier alpha value is -2.17. The number of rotatable bonds is 7. The van der Waals surface area contributed by atoms with Crippen molar-refractivity contribution in [3.63, 3.8) is 0 Å². The van der Waals surface area contributed by atoms with E-state index in [1.54, 1.807) is 6.92 Å². The molecule has 1 unspecified atom stereocenters. The molecule has 23 heavy (non-hydrogen) atoms. The van der Waals surface area contributed by atoms with Gasteiger partial charge in [0, 0.05) is 0 Å². The van der Waals surface area contributed by atoms with Gasteiger partial charge >= 0.3 is 5.97 Å². The Kier molecular flexibility index (Phi) is 5.90.